The molecule has 0 N–H and O–H groups in total. The van der Waals surface area contributed by atoms with E-state index in [4.69, 9.17) is 9.15 Å². The van der Waals surface area contributed by atoms with Gasteiger partial charge in [-0.15, -0.1) is 0 Å². The molecule has 6 nitrogen and oxygen atoms in total. The second-order valence-electron chi connectivity index (χ2n) is 7.62. The fourth-order valence-electron chi connectivity index (χ4n) is 4.54. The van der Waals surface area contributed by atoms with Crippen molar-refractivity contribution in [3.63, 3.8) is 0 Å². The van der Waals surface area contributed by atoms with Crippen LogP contribution in [0.3, 0.4) is 0 Å². The molecule has 3 atom stereocenters. The van der Waals surface area contributed by atoms with Crippen LogP contribution in [0.1, 0.15) is 49.6 Å². The lowest BCUT2D eigenvalue weighted by Gasteiger charge is -2.44. The maximum absolute atomic E-state index is 12.6. The van der Waals surface area contributed by atoms with E-state index >= 15 is 0 Å². The molecule has 2 amide bonds. The van der Waals surface area contributed by atoms with Crippen molar-refractivity contribution in [3.8, 4) is 0 Å². The zero-order valence-corrected chi connectivity index (χ0v) is 14.8. The summed E-state index contributed by atoms with van der Waals surface area (Å²) < 4.78 is 11.6. The van der Waals surface area contributed by atoms with Crippen LogP contribution in [0.25, 0.3) is 0 Å². The number of likely N-dealkylation sites (tertiary alicyclic amines) is 2. The summed E-state index contributed by atoms with van der Waals surface area (Å²) in [6.45, 7) is 5.16. The minimum atomic E-state index is -0.298. The van der Waals surface area contributed by atoms with E-state index in [2.05, 4.69) is 6.92 Å². The van der Waals surface area contributed by atoms with Gasteiger partial charge in [-0.3, -0.25) is 9.59 Å². The molecule has 0 aliphatic carbocycles. The van der Waals surface area contributed by atoms with Gasteiger partial charge in [0.2, 0.25) is 0 Å². The predicted octanol–water partition coefficient (Wildman–Crippen LogP) is 2.30. The highest BCUT2D eigenvalue weighted by Gasteiger charge is 2.50. The standard InChI is InChI=1S/C19H26N2O4/c1-14-13-21(17(22)15-5-4-12-24-15)11-8-19(14)7-6-16(25-19)18(23)20-9-2-3-10-20/h4-5,12,14,16H,2-3,6-11,13H2,1H3/t14-,16-,19+/m1/s1. The van der Waals surface area contributed by atoms with Crippen LogP contribution in [0, 0.1) is 5.92 Å². The van der Waals surface area contributed by atoms with Gasteiger partial charge in [-0.05, 0) is 44.2 Å². The summed E-state index contributed by atoms with van der Waals surface area (Å²) in [6.07, 6.45) is 5.91. The topological polar surface area (TPSA) is 63.0 Å². The van der Waals surface area contributed by atoms with Gasteiger partial charge in [-0.1, -0.05) is 6.92 Å². The predicted molar refractivity (Wildman–Crippen MR) is 91.0 cm³/mol. The first-order chi connectivity index (χ1) is 12.1. The van der Waals surface area contributed by atoms with Crippen LogP contribution in [0.5, 0.6) is 0 Å². The first kappa shape index (κ1) is 16.6. The molecule has 1 spiro atoms. The number of hydrogen-bond donors (Lipinski definition) is 0. The molecule has 0 unspecified atom stereocenters. The van der Waals surface area contributed by atoms with E-state index in [1.807, 2.05) is 9.80 Å². The Balaban J connectivity index is 1.39. The van der Waals surface area contributed by atoms with Crippen LogP contribution in [-0.4, -0.2) is 59.5 Å². The quantitative estimate of drug-likeness (QED) is 0.824. The van der Waals surface area contributed by atoms with Crippen LogP contribution >= 0.6 is 0 Å². The van der Waals surface area contributed by atoms with Gasteiger partial charge in [0.05, 0.1) is 11.9 Å². The molecule has 4 rings (SSSR count). The first-order valence-electron chi connectivity index (χ1n) is 9.38. The Kier molecular flexibility index (Phi) is 4.31. The van der Waals surface area contributed by atoms with Gasteiger partial charge < -0.3 is 19.0 Å². The second kappa shape index (κ2) is 6.48. The summed E-state index contributed by atoms with van der Waals surface area (Å²) >= 11 is 0. The fourth-order valence-corrected chi connectivity index (χ4v) is 4.54. The first-order valence-corrected chi connectivity index (χ1v) is 9.38. The molecular weight excluding hydrogens is 320 g/mol. The van der Waals surface area contributed by atoms with Crippen LogP contribution in [0.15, 0.2) is 22.8 Å². The molecule has 1 aromatic rings. The van der Waals surface area contributed by atoms with Crippen LogP contribution in [0.2, 0.25) is 0 Å². The smallest absolute Gasteiger partial charge is 0.289 e. The van der Waals surface area contributed by atoms with Gasteiger partial charge in [-0.2, -0.15) is 0 Å². The number of rotatable bonds is 2. The van der Waals surface area contributed by atoms with E-state index in [9.17, 15) is 9.59 Å². The number of carbonyl (C=O) groups is 2. The highest BCUT2D eigenvalue weighted by Crippen LogP contribution is 2.43. The monoisotopic (exact) mass is 346 g/mol. The van der Waals surface area contributed by atoms with E-state index in [0.29, 0.717) is 18.8 Å². The number of amides is 2. The second-order valence-corrected chi connectivity index (χ2v) is 7.62. The molecule has 25 heavy (non-hydrogen) atoms. The van der Waals surface area contributed by atoms with Crippen molar-refractivity contribution >= 4 is 11.8 Å². The maximum Gasteiger partial charge on any atom is 0.289 e. The Morgan fingerprint density at radius 1 is 1.16 bits per heavy atom. The molecule has 3 aliphatic heterocycles. The van der Waals surface area contributed by atoms with Gasteiger partial charge >= 0.3 is 0 Å². The van der Waals surface area contributed by atoms with Crippen molar-refractivity contribution in [2.45, 2.75) is 50.7 Å². The molecule has 3 aliphatic rings. The Labute approximate surface area is 148 Å². The average Bonchev–Trinajstić information content (AvgIpc) is 3.38. The zero-order valence-electron chi connectivity index (χ0n) is 14.8. The summed E-state index contributed by atoms with van der Waals surface area (Å²) in [5.74, 6) is 0.694. The minimum absolute atomic E-state index is 0.0607. The third kappa shape index (κ3) is 2.97. The third-order valence-electron chi connectivity index (χ3n) is 6.12. The average molecular weight is 346 g/mol. The normalized spacial score (nSPS) is 32.5. The number of nitrogens with zero attached hydrogens (tertiary/aromatic N) is 2. The molecule has 1 aromatic heterocycles. The number of carbonyl (C=O) groups excluding carboxylic acids is 2. The zero-order chi connectivity index (χ0) is 17.4. The Bertz CT molecular complexity index is 638. The largest absolute Gasteiger partial charge is 0.459 e. The Morgan fingerprint density at radius 2 is 1.96 bits per heavy atom. The summed E-state index contributed by atoms with van der Waals surface area (Å²) in [5, 5.41) is 0. The van der Waals surface area contributed by atoms with Gasteiger partial charge in [0, 0.05) is 32.1 Å². The van der Waals surface area contributed by atoms with Crippen LogP contribution in [0.4, 0.5) is 0 Å². The molecule has 0 saturated carbocycles. The van der Waals surface area contributed by atoms with Crippen molar-refractivity contribution in [2.75, 3.05) is 26.2 Å². The maximum atomic E-state index is 12.6. The third-order valence-corrected chi connectivity index (χ3v) is 6.12. The number of piperidine rings is 1. The molecule has 3 fully saturated rings. The van der Waals surface area contributed by atoms with E-state index < -0.39 is 0 Å². The van der Waals surface area contributed by atoms with E-state index in [0.717, 1.165) is 45.2 Å². The Morgan fingerprint density at radius 3 is 2.64 bits per heavy atom. The molecule has 136 valence electrons. The van der Waals surface area contributed by atoms with E-state index in [1.54, 1.807) is 12.1 Å². The molecule has 0 radical (unpaired) electrons. The van der Waals surface area contributed by atoms with Crippen molar-refractivity contribution < 1.29 is 18.7 Å². The van der Waals surface area contributed by atoms with Gasteiger partial charge in [-0.25, -0.2) is 0 Å². The lowest BCUT2D eigenvalue weighted by Crippen LogP contribution is -2.53. The number of ether oxygens (including phenoxy) is 1. The van der Waals surface area contributed by atoms with E-state index in [1.165, 1.54) is 6.26 Å². The molecule has 0 aromatic carbocycles. The molecular formula is C19H26N2O4. The summed E-state index contributed by atoms with van der Waals surface area (Å²) in [7, 11) is 0. The van der Waals surface area contributed by atoms with Crippen molar-refractivity contribution in [2.24, 2.45) is 5.92 Å². The summed E-state index contributed by atoms with van der Waals surface area (Å²) in [5.41, 5.74) is -0.264. The van der Waals surface area contributed by atoms with Crippen molar-refractivity contribution in [3.05, 3.63) is 24.2 Å². The highest BCUT2D eigenvalue weighted by atomic mass is 16.5. The molecule has 3 saturated heterocycles. The molecule has 4 heterocycles. The van der Waals surface area contributed by atoms with Crippen LogP contribution in [-0.2, 0) is 9.53 Å². The summed E-state index contributed by atoms with van der Waals surface area (Å²) in [4.78, 5) is 28.9. The molecule has 0 bridgehead atoms. The molecule has 6 heteroatoms. The fraction of sp³-hybridized carbons (Fsp3) is 0.684. The minimum Gasteiger partial charge on any atom is -0.459 e. The highest BCUT2D eigenvalue weighted by molar-refractivity contribution is 5.91. The van der Waals surface area contributed by atoms with E-state index in [-0.39, 0.29) is 29.4 Å². The Hall–Kier alpha value is -1.82. The lowest BCUT2D eigenvalue weighted by atomic mass is 9.80. The van der Waals surface area contributed by atoms with Gasteiger partial charge in [0.25, 0.3) is 11.8 Å². The van der Waals surface area contributed by atoms with Gasteiger partial charge in [0.15, 0.2) is 5.76 Å². The van der Waals surface area contributed by atoms with Crippen molar-refractivity contribution in [1.29, 1.82) is 0 Å². The SMILES string of the molecule is C[C@@H]1CN(C(=O)c2ccco2)CC[C@@]12CC[C@H](C(=O)N1CCCC1)O2. The summed E-state index contributed by atoms with van der Waals surface area (Å²) in [6, 6.07) is 3.44. The van der Waals surface area contributed by atoms with Gasteiger partial charge in [0.1, 0.15) is 6.10 Å². The lowest BCUT2D eigenvalue weighted by molar-refractivity contribution is -0.154. The number of furan rings is 1. The van der Waals surface area contributed by atoms with Crippen molar-refractivity contribution in [1.82, 2.24) is 9.80 Å². The van der Waals surface area contributed by atoms with Crippen LogP contribution < -0.4 is 0 Å². The number of hydrogen-bond acceptors (Lipinski definition) is 4.